The first-order valence-corrected chi connectivity index (χ1v) is 8.33. The SMILES string of the molecule is O=C(c1cn(-c2ccccc2)nn1)N1CCSc2ccccc21. The summed E-state index contributed by atoms with van der Waals surface area (Å²) in [5, 5.41) is 8.13. The van der Waals surface area contributed by atoms with Crippen molar-refractivity contribution in [2.75, 3.05) is 17.2 Å². The number of carbonyl (C=O) groups excluding carboxylic acids is 1. The van der Waals surface area contributed by atoms with Crippen molar-refractivity contribution < 1.29 is 4.79 Å². The van der Waals surface area contributed by atoms with E-state index in [0.717, 1.165) is 22.0 Å². The average Bonchev–Trinajstić information content (AvgIpc) is 3.11. The monoisotopic (exact) mass is 322 g/mol. The molecule has 1 aliphatic rings. The molecule has 0 bridgehead atoms. The van der Waals surface area contributed by atoms with Gasteiger partial charge >= 0.3 is 0 Å². The quantitative estimate of drug-likeness (QED) is 0.728. The Morgan fingerprint density at radius 3 is 2.70 bits per heavy atom. The molecule has 23 heavy (non-hydrogen) atoms. The van der Waals surface area contributed by atoms with Crippen LogP contribution in [0.5, 0.6) is 0 Å². The van der Waals surface area contributed by atoms with E-state index in [2.05, 4.69) is 10.3 Å². The lowest BCUT2D eigenvalue weighted by molar-refractivity contribution is 0.0983. The second-order valence-electron chi connectivity index (χ2n) is 5.16. The third kappa shape index (κ3) is 2.61. The number of nitrogens with zero attached hydrogens (tertiary/aromatic N) is 4. The van der Waals surface area contributed by atoms with Crippen LogP contribution in [-0.4, -0.2) is 33.2 Å². The van der Waals surface area contributed by atoms with Crippen LogP contribution in [0, 0.1) is 0 Å². The largest absolute Gasteiger partial charge is 0.305 e. The van der Waals surface area contributed by atoms with E-state index < -0.39 is 0 Å². The highest BCUT2D eigenvalue weighted by molar-refractivity contribution is 7.99. The summed E-state index contributed by atoms with van der Waals surface area (Å²) >= 11 is 1.77. The number of carbonyl (C=O) groups is 1. The normalized spacial score (nSPS) is 13.7. The molecule has 1 amide bonds. The second kappa shape index (κ2) is 5.89. The number of aromatic nitrogens is 3. The van der Waals surface area contributed by atoms with Gasteiger partial charge in [-0.3, -0.25) is 4.79 Å². The van der Waals surface area contributed by atoms with E-state index in [-0.39, 0.29) is 5.91 Å². The van der Waals surface area contributed by atoms with Gasteiger partial charge in [-0.15, -0.1) is 16.9 Å². The van der Waals surface area contributed by atoms with Crippen molar-refractivity contribution in [1.29, 1.82) is 0 Å². The number of hydrogen-bond acceptors (Lipinski definition) is 4. The van der Waals surface area contributed by atoms with Gasteiger partial charge in [0.05, 0.1) is 17.6 Å². The Balaban J connectivity index is 1.65. The van der Waals surface area contributed by atoms with Crippen molar-refractivity contribution in [2.24, 2.45) is 0 Å². The van der Waals surface area contributed by atoms with Crippen molar-refractivity contribution in [3.05, 3.63) is 66.5 Å². The lowest BCUT2D eigenvalue weighted by atomic mass is 10.2. The smallest absolute Gasteiger partial charge is 0.280 e. The van der Waals surface area contributed by atoms with Gasteiger partial charge in [0.2, 0.25) is 0 Å². The van der Waals surface area contributed by atoms with E-state index in [4.69, 9.17) is 0 Å². The number of anilines is 1. The van der Waals surface area contributed by atoms with E-state index in [9.17, 15) is 4.79 Å². The molecular formula is C17H14N4OS. The van der Waals surface area contributed by atoms with E-state index in [1.165, 1.54) is 0 Å². The number of rotatable bonds is 2. The topological polar surface area (TPSA) is 51.0 Å². The number of hydrogen-bond donors (Lipinski definition) is 0. The lowest BCUT2D eigenvalue weighted by Gasteiger charge is -2.28. The van der Waals surface area contributed by atoms with Crippen molar-refractivity contribution in [2.45, 2.75) is 4.90 Å². The Kier molecular flexibility index (Phi) is 3.59. The van der Waals surface area contributed by atoms with Crippen molar-refractivity contribution in [1.82, 2.24) is 15.0 Å². The van der Waals surface area contributed by atoms with E-state index in [1.807, 2.05) is 54.6 Å². The van der Waals surface area contributed by atoms with Crippen LogP contribution in [0.25, 0.3) is 5.69 Å². The predicted molar refractivity (Wildman–Crippen MR) is 90.2 cm³/mol. The number of thioether (sulfide) groups is 1. The zero-order valence-corrected chi connectivity index (χ0v) is 13.1. The highest BCUT2D eigenvalue weighted by Gasteiger charge is 2.25. The Hall–Kier alpha value is -2.60. The summed E-state index contributed by atoms with van der Waals surface area (Å²) < 4.78 is 1.62. The summed E-state index contributed by atoms with van der Waals surface area (Å²) in [4.78, 5) is 15.7. The van der Waals surface area contributed by atoms with Gasteiger partial charge in [-0.05, 0) is 24.3 Å². The summed E-state index contributed by atoms with van der Waals surface area (Å²) in [5.74, 6) is 0.773. The van der Waals surface area contributed by atoms with Crippen LogP contribution in [0.15, 0.2) is 65.7 Å². The minimum Gasteiger partial charge on any atom is -0.305 e. The van der Waals surface area contributed by atoms with Crippen LogP contribution in [0.4, 0.5) is 5.69 Å². The molecule has 1 aliphatic heterocycles. The standard InChI is InChI=1S/C17H14N4OS/c22-17(20-10-11-23-16-9-5-4-8-15(16)20)14-12-21(19-18-14)13-6-2-1-3-7-13/h1-9,12H,10-11H2. The molecule has 5 nitrogen and oxygen atoms in total. The molecule has 4 rings (SSSR count). The van der Waals surface area contributed by atoms with Gasteiger partial charge in [0.1, 0.15) is 0 Å². The van der Waals surface area contributed by atoms with Gasteiger partial charge in [-0.25, -0.2) is 4.68 Å². The highest BCUT2D eigenvalue weighted by Crippen LogP contribution is 2.34. The van der Waals surface area contributed by atoms with Crippen LogP contribution < -0.4 is 4.90 Å². The van der Waals surface area contributed by atoms with Crippen LogP contribution in [0.3, 0.4) is 0 Å². The summed E-state index contributed by atoms with van der Waals surface area (Å²) in [6.45, 7) is 0.679. The molecule has 3 aromatic rings. The van der Waals surface area contributed by atoms with E-state index >= 15 is 0 Å². The van der Waals surface area contributed by atoms with E-state index in [0.29, 0.717) is 12.2 Å². The average molecular weight is 322 g/mol. The fourth-order valence-corrected chi connectivity index (χ4v) is 3.58. The van der Waals surface area contributed by atoms with Crippen LogP contribution in [0.2, 0.25) is 0 Å². The second-order valence-corrected chi connectivity index (χ2v) is 6.29. The first kappa shape index (κ1) is 14.0. The summed E-state index contributed by atoms with van der Waals surface area (Å²) in [6, 6.07) is 17.6. The molecule has 0 N–H and O–H groups in total. The maximum atomic E-state index is 12.8. The highest BCUT2D eigenvalue weighted by atomic mass is 32.2. The molecule has 0 unspecified atom stereocenters. The van der Waals surface area contributed by atoms with Gasteiger partial charge < -0.3 is 4.90 Å². The molecule has 2 heterocycles. The third-order valence-electron chi connectivity index (χ3n) is 3.71. The molecular weight excluding hydrogens is 308 g/mol. The molecule has 0 spiro atoms. The Bertz CT molecular complexity index is 847. The Morgan fingerprint density at radius 1 is 1.04 bits per heavy atom. The molecule has 0 radical (unpaired) electrons. The van der Waals surface area contributed by atoms with Crippen LogP contribution in [-0.2, 0) is 0 Å². The molecule has 0 aliphatic carbocycles. The van der Waals surface area contributed by atoms with Crippen LogP contribution >= 0.6 is 11.8 Å². The predicted octanol–water partition coefficient (Wildman–Crippen LogP) is 3.02. The van der Waals surface area contributed by atoms with Crippen molar-refractivity contribution in [3.63, 3.8) is 0 Å². The van der Waals surface area contributed by atoms with Gasteiger partial charge in [0.15, 0.2) is 5.69 Å². The summed E-state index contributed by atoms with van der Waals surface area (Å²) in [7, 11) is 0. The minimum absolute atomic E-state index is 0.111. The number of fused-ring (bicyclic) bond motifs is 1. The zero-order chi connectivity index (χ0) is 15.6. The Morgan fingerprint density at radius 2 is 1.83 bits per heavy atom. The molecule has 0 atom stereocenters. The Labute approximate surface area is 137 Å². The number of para-hydroxylation sites is 2. The maximum absolute atomic E-state index is 12.8. The maximum Gasteiger partial charge on any atom is 0.280 e. The van der Waals surface area contributed by atoms with Crippen LogP contribution in [0.1, 0.15) is 10.5 Å². The first-order chi connectivity index (χ1) is 11.3. The molecule has 0 saturated heterocycles. The third-order valence-corrected chi connectivity index (χ3v) is 4.75. The zero-order valence-electron chi connectivity index (χ0n) is 12.3. The molecule has 0 saturated carbocycles. The lowest BCUT2D eigenvalue weighted by Crippen LogP contribution is -2.35. The summed E-state index contributed by atoms with van der Waals surface area (Å²) in [5.41, 5.74) is 2.19. The molecule has 114 valence electrons. The summed E-state index contributed by atoms with van der Waals surface area (Å²) in [6.07, 6.45) is 1.68. The first-order valence-electron chi connectivity index (χ1n) is 7.34. The van der Waals surface area contributed by atoms with Gasteiger partial charge in [0.25, 0.3) is 5.91 Å². The van der Waals surface area contributed by atoms with Gasteiger partial charge in [-0.1, -0.05) is 35.5 Å². The number of benzene rings is 2. The minimum atomic E-state index is -0.111. The fourth-order valence-electron chi connectivity index (χ4n) is 2.59. The molecule has 6 heteroatoms. The molecule has 0 fully saturated rings. The van der Waals surface area contributed by atoms with Gasteiger partial charge in [-0.2, -0.15) is 0 Å². The molecule has 1 aromatic heterocycles. The van der Waals surface area contributed by atoms with Crippen molar-refractivity contribution >= 4 is 23.4 Å². The number of amides is 1. The fraction of sp³-hybridized carbons (Fsp3) is 0.118. The van der Waals surface area contributed by atoms with E-state index in [1.54, 1.807) is 27.5 Å². The van der Waals surface area contributed by atoms with Gasteiger partial charge in [0, 0.05) is 17.2 Å². The van der Waals surface area contributed by atoms with Crippen molar-refractivity contribution in [3.8, 4) is 5.69 Å². The molecule has 2 aromatic carbocycles.